The van der Waals surface area contributed by atoms with Gasteiger partial charge in [0.05, 0.1) is 30.0 Å². The number of esters is 1. The van der Waals surface area contributed by atoms with Crippen LogP contribution in [0.5, 0.6) is 0 Å². The van der Waals surface area contributed by atoms with E-state index in [4.69, 9.17) is 21.1 Å². The highest BCUT2D eigenvalue weighted by atomic mass is 35.5. The minimum Gasteiger partial charge on any atom is -0.462 e. The minimum absolute atomic E-state index is 0.168. The molecular formula is C24H36ClN5O4. The number of imidazole rings is 1. The number of aromatic amines is 2. The van der Waals surface area contributed by atoms with E-state index in [-0.39, 0.29) is 29.8 Å². The maximum Gasteiger partial charge on any atom is 0.340 e. The highest BCUT2D eigenvalue weighted by Crippen LogP contribution is 2.25. The Balaban J connectivity index is 1.68. The Labute approximate surface area is 205 Å². The van der Waals surface area contributed by atoms with Crippen LogP contribution in [-0.4, -0.2) is 65.3 Å². The summed E-state index contributed by atoms with van der Waals surface area (Å²) in [5, 5.41) is 3.39. The Hall–Kier alpha value is -2.52. The van der Waals surface area contributed by atoms with Crippen molar-refractivity contribution >= 4 is 29.3 Å². The second-order valence-corrected chi connectivity index (χ2v) is 8.97. The molecule has 1 saturated heterocycles. The molecule has 0 bridgehead atoms. The largest absolute Gasteiger partial charge is 0.462 e. The van der Waals surface area contributed by atoms with Crippen molar-refractivity contribution in [2.45, 2.75) is 71.9 Å². The first-order chi connectivity index (χ1) is 16.4. The van der Waals surface area contributed by atoms with Gasteiger partial charge in [-0.3, -0.25) is 4.79 Å². The molecule has 9 nitrogen and oxygen atoms in total. The fourth-order valence-electron chi connectivity index (χ4n) is 4.01. The summed E-state index contributed by atoms with van der Waals surface area (Å²) in [6.07, 6.45) is 3.84. The number of nitrogens with zero attached hydrogens (tertiary/aromatic N) is 2. The van der Waals surface area contributed by atoms with Crippen LogP contribution < -0.4 is 10.2 Å². The molecule has 3 rings (SSSR count). The number of rotatable bonds is 11. The molecule has 0 radical (unpaired) electrons. The lowest BCUT2D eigenvalue weighted by atomic mass is 10.0. The lowest BCUT2D eigenvalue weighted by Crippen LogP contribution is -2.55. The van der Waals surface area contributed by atoms with E-state index in [1.165, 1.54) is 0 Å². The molecule has 0 saturated carbocycles. The van der Waals surface area contributed by atoms with Crippen molar-refractivity contribution in [1.29, 1.82) is 0 Å². The minimum atomic E-state index is -0.307. The first kappa shape index (κ1) is 26.1. The van der Waals surface area contributed by atoms with Crippen LogP contribution in [0.4, 0.5) is 5.82 Å². The molecule has 1 amide bonds. The van der Waals surface area contributed by atoms with Crippen LogP contribution in [0.1, 0.15) is 78.8 Å². The maximum atomic E-state index is 12.8. The molecule has 0 aliphatic carbocycles. The topological polar surface area (TPSA) is 112 Å². The van der Waals surface area contributed by atoms with Crippen LogP contribution in [-0.2, 0) is 15.9 Å². The number of aromatic nitrogens is 3. The van der Waals surface area contributed by atoms with Crippen LogP contribution in [0.2, 0.25) is 5.15 Å². The Morgan fingerprint density at radius 1 is 1.24 bits per heavy atom. The highest BCUT2D eigenvalue weighted by Gasteiger charge is 2.33. The molecule has 3 N–H and O–H groups in total. The van der Waals surface area contributed by atoms with E-state index >= 15 is 0 Å². The summed E-state index contributed by atoms with van der Waals surface area (Å²) in [5.74, 6) is 0.459. The van der Waals surface area contributed by atoms with Crippen LogP contribution in [0.25, 0.3) is 0 Å². The van der Waals surface area contributed by atoms with Crippen LogP contribution in [0.3, 0.4) is 0 Å². The van der Waals surface area contributed by atoms with Crippen molar-refractivity contribution in [3.05, 3.63) is 34.0 Å². The molecule has 188 valence electrons. The van der Waals surface area contributed by atoms with Gasteiger partial charge >= 0.3 is 5.97 Å². The summed E-state index contributed by atoms with van der Waals surface area (Å²) in [5.41, 5.74) is 2.07. The van der Waals surface area contributed by atoms with E-state index in [2.05, 4.69) is 39.0 Å². The van der Waals surface area contributed by atoms with Crippen LogP contribution >= 0.6 is 11.6 Å². The predicted octanol–water partition coefficient (Wildman–Crippen LogP) is 4.02. The lowest BCUT2D eigenvalue weighted by Gasteiger charge is -2.39. The van der Waals surface area contributed by atoms with E-state index in [1.54, 1.807) is 0 Å². The van der Waals surface area contributed by atoms with Crippen molar-refractivity contribution in [3.63, 3.8) is 0 Å². The van der Waals surface area contributed by atoms with E-state index in [1.807, 2.05) is 19.9 Å². The SMILES string of the molecule is CCCCOC(=O)c1cc(N2CCC(NC(=O)c3nc(Cl)c(CC)[nH]3)C(OCCC)C2)[nH]c1C. The van der Waals surface area contributed by atoms with E-state index in [9.17, 15) is 9.59 Å². The quantitative estimate of drug-likeness (QED) is 0.322. The zero-order valence-electron chi connectivity index (χ0n) is 20.5. The van der Waals surface area contributed by atoms with E-state index in [0.29, 0.717) is 49.9 Å². The van der Waals surface area contributed by atoms with Gasteiger partial charge in [-0.15, -0.1) is 0 Å². The molecule has 2 unspecified atom stereocenters. The normalized spacial score (nSPS) is 18.2. The number of H-pyrrole nitrogens is 2. The van der Waals surface area contributed by atoms with E-state index < -0.39 is 0 Å². The van der Waals surface area contributed by atoms with Crippen molar-refractivity contribution in [1.82, 2.24) is 20.3 Å². The summed E-state index contributed by atoms with van der Waals surface area (Å²) in [4.78, 5) is 37.9. The summed E-state index contributed by atoms with van der Waals surface area (Å²) < 4.78 is 11.5. The highest BCUT2D eigenvalue weighted by molar-refractivity contribution is 6.30. The number of carbonyl (C=O) groups is 2. The van der Waals surface area contributed by atoms with Gasteiger partial charge in [0.25, 0.3) is 5.91 Å². The van der Waals surface area contributed by atoms with Crippen molar-refractivity contribution in [2.75, 3.05) is 31.2 Å². The molecule has 1 fully saturated rings. The average molecular weight is 494 g/mol. The first-order valence-corrected chi connectivity index (χ1v) is 12.5. The van der Waals surface area contributed by atoms with Gasteiger partial charge in [0, 0.05) is 25.4 Å². The van der Waals surface area contributed by atoms with Crippen LogP contribution in [0, 0.1) is 6.92 Å². The maximum absolute atomic E-state index is 12.8. The number of ether oxygens (including phenoxy) is 2. The van der Waals surface area contributed by atoms with Gasteiger partial charge in [-0.1, -0.05) is 38.8 Å². The number of carbonyl (C=O) groups excluding carboxylic acids is 2. The fourth-order valence-corrected chi connectivity index (χ4v) is 4.28. The number of anilines is 1. The number of halogens is 1. The number of aryl methyl sites for hydroxylation is 2. The molecule has 0 aromatic carbocycles. The van der Waals surface area contributed by atoms with Gasteiger partial charge in [-0.2, -0.15) is 0 Å². The summed E-state index contributed by atoms with van der Waals surface area (Å²) in [7, 11) is 0. The van der Waals surface area contributed by atoms with Gasteiger partial charge in [0.1, 0.15) is 5.82 Å². The third-order valence-corrected chi connectivity index (χ3v) is 6.31. The van der Waals surface area contributed by atoms with Crippen molar-refractivity contribution < 1.29 is 19.1 Å². The average Bonchev–Trinajstić information content (AvgIpc) is 3.40. The number of hydrogen-bond acceptors (Lipinski definition) is 6. The number of piperidine rings is 1. The molecule has 2 aromatic heterocycles. The molecule has 1 aliphatic rings. The van der Waals surface area contributed by atoms with Gasteiger partial charge in [0.15, 0.2) is 11.0 Å². The fraction of sp³-hybridized carbons (Fsp3) is 0.625. The molecular weight excluding hydrogens is 458 g/mol. The summed E-state index contributed by atoms with van der Waals surface area (Å²) in [6, 6.07) is 1.68. The molecule has 3 heterocycles. The third kappa shape index (κ3) is 6.33. The monoisotopic (exact) mass is 493 g/mol. The number of amides is 1. The second-order valence-electron chi connectivity index (χ2n) is 8.61. The third-order valence-electron chi connectivity index (χ3n) is 6.00. The van der Waals surface area contributed by atoms with Gasteiger partial charge in [0.2, 0.25) is 0 Å². The zero-order chi connectivity index (χ0) is 24.7. The summed E-state index contributed by atoms with van der Waals surface area (Å²) in [6.45, 7) is 10.2. The summed E-state index contributed by atoms with van der Waals surface area (Å²) >= 11 is 6.10. The molecule has 1 aliphatic heterocycles. The first-order valence-electron chi connectivity index (χ1n) is 12.2. The Morgan fingerprint density at radius 3 is 2.71 bits per heavy atom. The second kappa shape index (κ2) is 12.3. The molecule has 10 heteroatoms. The lowest BCUT2D eigenvalue weighted by molar-refractivity contribution is 0.0203. The van der Waals surface area contributed by atoms with Gasteiger partial charge < -0.3 is 29.7 Å². The van der Waals surface area contributed by atoms with Gasteiger partial charge in [-0.05, 0) is 38.7 Å². The number of hydrogen-bond donors (Lipinski definition) is 3. The van der Waals surface area contributed by atoms with Gasteiger partial charge in [-0.25, -0.2) is 9.78 Å². The molecule has 0 spiro atoms. The zero-order valence-corrected chi connectivity index (χ0v) is 21.3. The molecule has 34 heavy (non-hydrogen) atoms. The van der Waals surface area contributed by atoms with Crippen LogP contribution in [0.15, 0.2) is 6.07 Å². The Kier molecular flexibility index (Phi) is 9.41. The molecule has 2 atom stereocenters. The number of unbranched alkanes of at least 4 members (excludes halogenated alkanes) is 1. The number of nitrogens with one attached hydrogen (secondary N) is 3. The smallest absolute Gasteiger partial charge is 0.340 e. The molecule has 2 aromatic rings. The van der Waals surface area contributed by atoms with E-state index in [0.717, 1.165) is 36.5 Å². The van der Waals surface area contributed by atoms with Crippen molar-refractivity contribution in [3.8, 4) is 0 Å². The van der Waals surface area contributed by atoms with Crippen molar-refractivity contribution in [2.24, 2.45) is 0 Å². The predicted molar refractivity (Wildman–Crippen MR) is 132 cm³/mol. The standard InChI is InChI=1S/C24H36ClN5O4/c1-5-8-12-34-24(32)16-13-20(26-15(16)4)30-10-9-18(19(14-30)33-11-6-2)28-23(31)22-27-17(7-3)21(25)29-22/h13,18-19,26H,5-12,14H2,1-4H3,(H,27,29)(H,28,31). The Morgan fingerprint density at radius 2 is 2.03 bits per heavy atom. The Bertz CT molecular complexity index is 973.